The summed E-state index contributed by atoms with van der Waals surface area (Å²) in [6.45, 7) is 6.52. The van der Waals surface area contributed by atoms with E-state index in [-0.39, 0.29) is 0 Å². The molecule has 1 aromatic heterocycles. The fraction of sp³-hybridized carbons (Fsp3) is 0.500. The van der Waals surface area contributed by atoms with E-state index in [9.17, 15) is 0 Å². The lowest BCUT2D eigenvalue weighted by atomic mass is 10.2. The number of benzene rings is 1. The number of aromatic nitrogens is 2. The van der Waals surface area contributed by atoms with Crippen LogP contribution in [-0.4, -0.2) is 61.2 Å². The highest BCUT2D eigenvalue weighted by atomic mass is 32.1. The molecular formula is C20H31N5O2S. The van der Waals surface area contributed by atoms with Crippen molar-refractivity contribution >= 4 is 23.0 Å². The maximum absolute atomic E-state index is 5.43. The van der Waals surface area contributed by atoms with E-state index in [1.165, 1.54) is 0 Å². The average Bonchev–Trinajstić information content (AvgIpc) is 2.92. The predicted molar refractivity (Wildman–Crippen MR) is 118 cm³/mol. The summed E-state index contributed by atoms with van der Waals surface area (Å²) in [5, 5.41) is 11.8. The largest absolute Gasteiger partial charge is 0.493 e. The van der Waals surface area contributed by atoms with Crippen LogP contribution < -0.4 is 20.1 Å². The molecule has 1 aromatic carbocycles. The highest BCUT2D eigenvalue weighted by molar-refractivity contribution is 7.80. The summed E-state index contributed by atoms with van der Waals surface area (Å²) < 4.78 is 12.7. The SMILES string of the molecule is COc1ccc(Cn2nc(C)c(NC(=S)NCCCN(C)C)c2C)cc1OC. The maximum atomic E-state index is 5.43. The Morgan fingerprint density at radius 1 is 1.18 bits per heavy atom. The number of hydrogen-bond acceptors (Lipinski definition) is 5. The fourth-order valence-electron chi connectivity index (χ4n) is 2.94. The quantitative estimate of drug-likeness (QED) is 0.491. The lowest BCUT2D eigenvalue weighted by molar-refractivity contribution is 0.354. The van der Waals surface area contributed by atoms with Crippen LogP contribution in [0, 0.1) is 13.8 Å². The molecule has 0 atom stereocenters. The molecule has 0 aliphatic rings. The summed E-state index contributed by atoms with van der Waals surface area (Å²) in [4.78, 5) is 2.16. The molecule has 7 nitrogen and oxygen atoms in total. The zero-order valence-electron chi connectivity index (χ0n) is 17.6. The Bertz CT molecular complexity index is 804. The van der Waals surface area contributed by atoms with Gasteiger partial charge in [0, 0.05) is 6.54 Å². The third-order valence-electron chi connectivity index (χ3n) is 4.47. The van der Waals surface area contributed by atoms with Gasteiger partial charge in [-0.2, -0.15) is 5.10 Å². The van der Waals surface area contributed by atoms with Crippen molar-refractivity contribution in [3.63, 3.8) is 0 Å². The summed E-state index contributed by atoms with van der Waals surface area (Å²) in [6.07, 6.45) is 1.03. The first kappa shape index (κ1) is 22.0. The van der Waals surface area contributed by atoms with Gasteiger partial charge in [-0.05, 0) is 70.8 Å². The van der Waals surface area contributed by atoms with Gasteiger partial charge in [-0.3, -0.25) is 4.68 Å². The first-order chi connectivity index (χ1) is 13.3. The van der Waals surface area contributed by atoms with Gasteiger partial charge >= 0.3 is 0 Å². The molecule has 8 heteroatoms. The number of rotatable bonds is 9. The van der Waals surface area contributed by atoms with Crippen LogP contribution in [0.3, 0.4) is 0 Å². The van der Waals surface area contributed by atoms with Crippen LogP contribution in [0.25, 0.3) is 0 Å². The second-order valence-corrected chi connectivity index (χ2v) is 7.34. The molecule has 0 radical (unpaired) electrons. The van der Waals surface area contributed by atoms with Crippen molar-refractivity contribution in [3.8, 4) is 11.5 Å². The second-order valence-electron chi connectivity index (χ2n) is 6.93. The normalized spacial score (nSPS) is 10.8. The smallest absolute Gasteiger partial charge is 0.170 e. The molecule has 0 saturated carbocycles. The minimum atomic E-state index is 0.621. The van der Waals surface area contributed by atoms with Crippen LogP contribution in [0.4, 0.5) is 5.69 Å². The molecule has 0 aliphatic carbocycles. The molecule has 2 N–H and O–H groups in total. The summed E-state index contributed by atoms with van der Waals surface area (Å²) in [6, 6.07) is 5.90. The van der Waals surface area contributed by atoms with Gasteiger partial charge in [0.2, 0.25) is 0 Å². The molecule has 28 heavy (non-hydrogen) atoms. The Balaban J connectivity index is 2.04. The standard InChI is InChI=1S/C20H31N5O2S/c1-14-19(22-20(28)21-10-7-11-24(3)4)15(2)25(23-14)13-16-8-9-17(26-5)18(12-16)27-6/h8-9,12H,7,10-11,13H2,1-6H3,(H2,21,22,28). The predicted octanol–water partition coefficient (Wildman–Crippen LogP) is 2.80. The van der Waals surface area contributed by atoms with Crippen LogP contribution in [0.2, 0.25) is 0 Å². The van der Waals surface area contributed by atoms with E-state index in [1.54, 1.807) is 14.2 Å². The number of aryl methyl sites for hydroxylation is 1. The molecule has 0 fully saturated rings. The molecular weight excluding hydrogens is 374 g/mol. The Hall–Kier alpha value is -2.32. The number of ether oxygens (including phenoxy) is 2. The first-order valence-corrected chi connectivity index (χ1v) is 9.71. The van der Waals surface area contributed by atoms with E-state index in [1.807, 2.05) is 36.7 Å². The van der Waals surface area contributed by atoms with E-state index in [2.05, 4.69) is 34.7 Å². The van der Waals surface area contributed by atoms with Gasteiger partial charge in [-0.25, -0.2) is 0 Å². The van der Waals surface area contributed by atoms with Gasteiger partial charge in [0.05, 0.1) is 37.8 Å². The second kappa shape index (κ2) is 10.3. The molecule has 0 bridgehead atoms. The van der Waals surface area contributed by atoms with Crippen molar-refractivity contribution in [2.45, 2.75) is 26.8 Å². The van der Waals surface area contributed by atoms with Crippen LogP contribution in [-0.2, 0) is 6.54 Å². The summed E-state index contributed by atoms with van der Waals surface area (Å²) >= 11 is 5.43. The zero-order valence-corrected chi connectivity index (χ0v) is 18.4. The van der Waals surface area contributed by atoms with Crippen LogP contribution >= 0.6 is 12.2 Å². The molecule has 0 spiro atoms. The van der Waals surface area contributed by atoms with Crippen molar-refractivity contribution in [2.24, 2.45) is 0 Å². The van der Waals surface area contributed by atoms with Crippen molar-refractivity contribution in [1.29, 1.82) is 0 Å². The highest BCUT2D eigenvalue weighted by Crippen LogP contribution is 2.28. The van der Waals surface area contributed by atoms with Gasteiger partial charge in [0.1, 0.15) is 0 Å². The topological polar surface area (TPSA) is 63.6 Å². The van der Waals surface area contributed by atoms with Crippen molar-refractivity contribution in [2.75, 3.05) is 46.7 Å². The lowest BCUT2D eigenvalue weighted by Gasteiger charge is -2.13. The molecule has 1 heterocycles. The van der Waals surface area contributed by atoms with E-state index in [0.29, 0.717) is 23.2 Å². The highest BCUT2D eigenvalue weighted by Gasteiger charge is 2.14. The van der Waals surface area contributed by atoms with Crippen molar-refractivity contribution in [1.82, 2.24) is 20.0 Å². The molecule has 2 rings (SSSR count). The van der Waals surface area contributed by atoms with Crippen LogP contribution in [0.15, 0.2) is 18.2 Å². The number of nitrogens with zero attached hydrogens (tertiary/aromatic N) is 3. The van der Waals surface area contributed by atoms with Gasteiger partial charge in [-0.1, -0.05) is 6.07 Å². The van der Waals surface area contributed by atoms with E-state index < -0.39 is 0 Å². The Labute approximate surface area is 173 Å². The lowest BCUT2D eigenvalue weighted by Crippen LogP contribution is -2.31. The number of hydrogen-bond donors (Lipinski definition) is 2. The monoisotopic (exact) mass is 405 g/mol. The molecule has 0 unspecified atom stereocenters. The van der Waals surface area contributed by atoms with Crippen LogP contribution in [0.1, 0.15) is 23.4 Å². The van der Waals surface area contributed by atoms with Gasteiger partial charge < -0.3 is 25.0 Å². The number of thiocarbonyl (C=S) groups is 1. The third-order valence-corrected chi connectivity index (χ3v) is 4.71. The third kappa shape index (κ3) is 5.84. The minimum absolute atomic E-state index is 0.621. The van der Waals surface area contributed by atoms with Crippen molar-refractivity contribution in [3.05, 3.63) is 35.2 Å². The van der Waals surface area contributed by atoms with Gasteiger partial charge in [0.15, 0.2) is 16.6 Å². The van der Waals surface area contributed by atoms with Gasteiger partial charge in [0.25, 0.3) is 0 Å². The Morgan fingerprint density at radius 2 is 1.89 bits per heavy atom. The van der Waals surface area contributed by atoms with E-state index in [0.717, 1.165) is 42.1 Å². The zero-order chi connectivity index (χ0) is 20.7. The number of anilines is 1. The number of methoxy groups -OCH3 is 2. The van der Waals surface area contributed by atoms with Crippen molar-refractivity contribution < 1.29 is 9.47 Å². The average molecular weight is 406 g/mol. The van der Waals surface area contributed by atoms with Crippen LogP contribution in [0.5, 0.6) is 11.5 Å². The summed E-state index contributed by atoms with van der Waals surface area (Å²) in [5.41, 5.74) is 3.98. The number of nitrogens with one attached hydrogen (secondary N) is 2. The molecule has 2 aromatic rings. The van der Waals surface area contributed by atoms with E-state index >= 15 is 0 Å². The Morgan fingerprint density at radius 3 is 2.54 bits per heavy atom. The van der Waals surface area contributed by atoms with E-state index in [4.69, 9.17) is 21.7 Å². The molecule has 0 aliphatic heterocycles. The molecule has 154 valence electrons. The molecule has 0 amide bonds. The summed E-state index contributed by atoms with van der Waals surface area (Å²) in [7, 11) is 7.40. The summed E-state index contributed by atoms with van der Waals surface area (Å²) in [5.74, 6) is 1.43. The molecule has 0 saturated heterocycles. The maximum Gasteiger partial charge on any atom is 0.170 e. The minimum Gasteiger partial charge on any atom is -0.493 e. The first-order valence-electron chi connectivity index (χ1n) is 9.30. The Kier molecular flexibility index (Phi) is 8.07. The fourth-order valence-corrected chi connectivity index (χ4v) is 3.14. The van der Waals surface area contributed by atoms with Gasteiger partial charge in [-0.15, -0.1) is 0 Å².